The zero-order valence-electron chi connectivity index (χ0n) is 10.5. The Morgan fingerprint density at radius 1 is 1.25 bits per heavy atom. The van der Waals surface area contributed by atoms with Crippen LogP contribution < -0.4 is 0 Å². The molecule has 0 bridgehead atoms. The lowest BCUT2D eigenvalue weighted by Crippen LogP contribution is -2.26. The van der Waals surface area contributed by atoms with Crippen LogP contribution in [0, 0.1) is 18.2 Å². The molecule has 1 aromatic rings. The molecule has 1 nitrogen and oxygen atoms in total. The Hall–Kier alpha value is -0.890. The third-order valence-corrected chi connectivity index (χ3v) is 2.81. The monoisotopic (exact) mass is 224 g/mol. The summed E-state index contributed by atoms with van der Waals surface area (Å²) in [5, 5.41) is 9.89. The van der Waals surface area contributed by atoms with E-state index in [1.807, 2.05) is 33.8 Å². The second kappa shape index (κ2) is 4.96. The van der Waals surface area contributed by atoms with Crippen LogP contribution >= 0.6 is 0 Å². The lowest BCUT2D eigenvalue weighted by molar-refractivity contribution is 0.0560. The molecule has 2 heteroatoms. The molecule has 0 radical (unpaired) electrons. The van der Waals surface area contributed by atoms with Crippen LogP contribution in [0.5, 0.6) is 0 Å². The van der Waals surface area contributed by atoms with Gasteiger partial charge in [0.05, 0.1) is 6.10 Å². The molecule has 90 valence electrons. The van der Waals surface area contributed by atoms with Gasteiger partial charge in [0.15, 0.2) is 0 Å². The van der Waals surface area contributed by atoms with Gasteiger partial charge in [0.1, 0.15) is 5.82 Å². The van der Waals surface area contributed by atoms with Crippen LogP contribution in [0.4, 0.5) is 4.39 Å². The molecule has 16 heavy (non-hydrogen) atoms. The lowest BCUT2D eigenvalue weighted by atomic mass is 9.85. The summed E-state index contributed by atoms with van der Waals surface area (Å²) < 4.78 is 13.1. The highest BCUT2D eigenvalue weighted by atomic mass is 19.1. The van der Waals surface area contributed by atoms with Gasteiger partial charge in [-0.15, -0.1) is 0 Å². The summed E-state index contributed by atoms with van der Waals surface area (Å²) in [6.07, 6.45) is 1.04. The van der Waals surface area contributed by atoms with Crippen LogP contribution in [0.3, 0.4) is 0 Å². The van der Waals surface area contributed by atoms with Gasteiger partial charge in [0, 0.05) is 0 Å². The molecule has 0 aliphatic carbocycles. The van der Waals surface area contributed by atoms with Crippen molar-refractivity contribution < 1.29 is 9.50 Å². The Kier molecular flexibility index (Phi) is 4.09. The van der Waals surface area contributed by atoms with E-state index in [1.165, 1.54) is 6.07 Å². The Morgan fingerprint density at radius 2 is 1.88 bits per heavy atom. The minimum atomic E-state index is -0.351. The molecule has 1 aromatic carbocycles. The number of aliphatic hydroxyl groups excluding tert-OH is 1. The molecule has 0 spiro atoms. The Bertz CT molecular complexity index is 332. The van der Waals surface area contributed by atoms with Crippen molar-refractivity contribution in [2.45, 2.75) is 46.6 Å². The van der Waals surface area contributed by atoms with Gasteiger partial charge >= 0.3 is 0 Å². The molecule has 0 saturated carbocycles. The summed E-state index contributed by atoms with van der Waals surface area (Å²) >= 11 is 0. The van der Waals surface area contributed by atoms with Crippen LogP contribution in [-0.4, -0.2) is 11.2 Å². The molecule has 0 saturated heterocycles. The van der Waals surface area contributed by atoms with E-state index in [0.29, 0.717) is 6.42 Å². The molecule has 0 amide bonds. The molecule has 1 unspecified atom stereocenters. The summed E-state index contributed by atoms with van der Waals surface area (Å²) in [5.41, 5.74) is 1.78. The van der Waals surface area contributed by atoms with Crippen LogP contribution in [-0.2, 0) is 6.42 Å². The van der Waals surface area contributed by atoms with Crippen LogP contribution in [0.1, 0.15) is 38.3 Å². The van der Waals surface area contributed by atoms with E-state index in [1.54, 1.807) is 6.07 Å². The van der Waals surface area contributed by atoms with E-state index in [0.717, 1.165) is 17.5 Å². The van der Waals surface area contributed by atoms with Crippen molar-refractivity contribution in [3.8, 4) is 0 Å². The molecule has 0 aliphatic rings. The maximum atomic E-state index is 13.1. The fraction of sp³-hybridized carbons (Fsp3) is 0.571. The standard InChI is InChI=1S/C14H21FO/c1-10-7-11(9-12(15)8-10)5-6-13(16)14(2,3)4/h7-9,13,16H,5-6H2,1-4H3. The first-order valence-corrected chi connectivity index (χ1v) is 5.73. The van der Waals surface area contributed by atoms with Crippen LogP contribution in [0.25, 0.3) is 0 Å². The predicted molar refractivity (Wildman–Crippen MR) is 64.9 cm³/mol. The summed E-state index contributed by atoms with van der Waals surface area (Å²) in [6.45, 7) is 7.91. The smallest absolute Gasteiger partial charge is 0.123 e. The third kappa shape index (κ3) is 3.93. The summed E-state index contributed by atoms with van der Waals surface area (Å²) in [7, 11) is 0. The van der Waals surface area contributed by atoms with Crippen molar-refractivity contribution in [3.05, 3.63) is 35.1 Å². The number of hydrogen-bond acceptors (Lipinski definition) is 1. The minimum Gasteiger partial charge on any atom is -0.393 e. The zero-order chi connectivity index (χ0) is 12.3. The van der Waals surface area contributed by atoms with Gasteiger partial charge < -0.3 is 5.11 Å². The van der Waals surface area contributed by atoms with E-state index in [9.17, 15) is 9.50 Å². The number of aliphatic hydroxyl groups is 1. The minimum absolute atomic E-state index is 0.109. The summed E-state index contributed by atoms with van der Waals surface area (Å²) in [6, 6.07) is 5.03. The molecule has 1 atom stereocenters. The van der Waals surface area contributed by atoms with Crippen LogP contribution in [0.2, 0.25) is 0 Å². The zero-order valence-corrected chi connectivity index (χ0v) is 10.5. The van der Waals surface area contributed by atoms with E-state index in [4.69, 9.17) is 0 Å². The molecule has 1 rings (SSSR count). The number of benzene rings is 1. The first-order valence-electron chi connectivity index (χ1n) is 5.73. The molecule has 1 N–H and O–H groups in total. The number of hydrogen-bond donors (Lipinski definition) is 1. The van der Waals surface area contributed by atoms with E-state index in [2.05, 4.69) is 0 Å². The van der Waals surface area contributed by atoms with Crippen LogP contribution in [0.15, 0.2) is 18.2 Å². The van der Waals surface area contributed by atoms with Gasteiger partial charge in [0.2, 0.25) is 0 Å². The fourth-order valence-electron chi connectivity index (χ4n) is 1.69. The highest BCUT2D eigenvalue weighted by Gasteiger charge is 2.21. The van der Waals surface area contributed by atoms with Gasteiger partial charge in [-0.2, -0.15) is 0 Å². The number of rotatable bonds is 3. The number of aryl methyl sites for hydroxylation is 2. The largest absolute Gasteiger partial charge is 0.393 e. The van der Waals surface area contributed by atoms with Crippen molar-refractivity contribution in [1.82, 2.24) is 0 Å². The third-order valence-electron chi connectivity index (χ3n) is 2.81. The molecule has 0 aliphatic heterocycles. The maximum absolute atomic E-state index is 13.1. The Balaban J connectivity index is 2.61. The van der Waals surface area contributed by atoms with E-state index >= 15 is 0 Å². The Labute approximate surface area is 97.3 Å². The molecule has 0 fully saturated rings. The Morgan fingerprint density at radius 3 is 2.38 bits per heavy atom. The average Bonchev–Trinajstić information content (AvgIpc) is 2.11. The molecule has 0 heterocycles. The second-order valence-electron chi connectivity index (χ2n) is 5.56. The van der Waals surface area contributed by atoms with Gasteiger partial charge in [-0.05, 0) is 48.4 Å². The van der Waals surface area contributed by atoms with Crippen molar-refractivity contribution in [1.29, 1.82) is 0 Å². The second-order valence-corrected chi connectivity index (χ2v) is 5.56. The first-order chi connectivity index (χ1) is 7.29. The molecular weight excluding hydrogens is 203 g/mol. The van der Waals surface area contributed by atoms with Crippen molar-refractivity contribution in [3.63, 3.8) is 0 Å². The highest BCUT2D eigenvalue weighted by molar-refractivity contribution is 5.23. The predicted octanol–water partition coefficient (Wildman–Crippen LogP) is 3.47. The molecule has 0 aromatic heterocycles. The summed E-state index contributed by atoms with van der Waals surface area (Å²) in [4.78, 5) is 0. The van der Waals surface area contributed by atoms with Crippen molar-refractivity contribution >= 4 is 0 Å². The van der Waals surface area contributed by atoms with Gasteiger partial charge in [0.25, 0.3) is 0 Å². The SMILES string of the molecule is Cc1cc(F)cc(CCC(O)C(C)(C)C)c1. The lowest BCUT2D eigenvalue weighted by Gasteiger charge is -2.25. The van der Waals surface area contributed by atoms with Gasteiger partial charge in [-0.1, -0.05) is 26.8 Å². The average molecular weight is 224 g/mol. The quantitative estimate of drug-likeness (QED) is 0.833. The van der Waals surface area contributed by atoms with Crippen molar-refractivity contribution in [2.75, 3.05) is 0 Å². The van der Waals surface area contributed by atoms with Gasteiger partial charge in [-0.3, -0.25) is 0 Å². The summed E-state index contributed by atoms with van der Waals surface area (Å²) in [5.74, 6) is -0.194. The first kappa shape index (κ1) is 13.2. The molecular formula is C14H21FO. The highest BCUT2D eigenvalue weighted by Crippen LogP contribution is 2.23. The van der Waals surface area contributed by atoms with E-state index < -0.39 is 0 Å². The van der Waals surface area contributed by atoms with E-state index in [-0.39, 0.29) is 17.3 Å². The maximum Gasteiger partial charge on any atom is 0.123 e. The topological polar surface area (TPSA) is 20.2 Å². The van der Waals surface area contributed by atoms with Crippen molar-refractivity contribution in [2.24, 2.45) is 5.41 Å². The normalized spacial score (nSPS) is 13.9. The van der Waals surface area contributed by atoms with Gasteiger partial charge in [-0.25, -0.2) is 4.39 Å². The fourth-order valence-corrected chi connectivity index (χ4v) is 1.69. The number of halogens is 1.